The van der Waals surface area contributed by atoms with Gasteiger partial charge in [0.1, 0.15) is 5.82 Å². The van der Waals surface area contributed by atoms with Gasteiger partial charge in [-0.05, 0) is 35.6 Å². The summed E-state index contributed by atoms with van der Waals surface area (Å²) in [5.41, 5.74) is 7.20. The number of benzene rings is 1. The van der Waals surface area contributed by atoms with Crippen LogP contribution in [0.1, 0.15) is 5.56 Å². The zero-order chi connectivity index (χ0) is 21.5. The van der Waals surface area contributed by atoms with E-state index in [0.29, 0.717) is 41.7 Å². The van der Waals surface area contributed by atoms with Crippen molar-refractivity contribution in [2.24, 2.45) is 17.6 Å². The summed E-state index contributed by atoms with van der Waals surface area (Å²) in [6.07, 6.45) is 1.60. The topological polar surface area (TPSA) is 109 Å². The lowest BCUT2D eigenvalue weighted by Gasteiger charge is -2.27. The lowest BCUT2D eigenvalue weighted by molar-refractivity contribution is 0.204. The number of nitrogens with two attached hydrogens (primary N) is 1. The van der Waals surface area contributed by atoms with Crippen molar-refractivity contribution in [1.29, 1.82) is 0 Å². The molecule has 2 saturated heterocycles. The molecule has 3 aliphatic rings. The number of halogens is 1. The summed E-state index contributed by atoms with van der Waals surface area (Å²) in [4.78, 5) is 32.9. The Hall–Kier alpha value is -2.46. The fourth-order valence-corrected chi connectivity index (χ4v) is 4.80. The maximum Gasteiger partial charge on any atom is 0.354 e. The molecule has 5 rings (SSSR count). The zero-order valence-corrected chi connectivity index (χ0v) is 17.9. The van der Waals surface area contributed by atoms with Crippen molar-refractivity contribution in [3.63, 3.8) is 0 Å². The Morgan fingerprint density at radius 1 is 1.23 bits per heavy atom. The molecule has 1 aromatic heterocycles. The van der Waals surface area contributed by atoms with Crippen molar-refractivity contribution in [3.05, 3.63) is 51.5 Å². The molecule has 2 unspecified atom stereocenters. The second-order valence-electron chi connectivity index (χ2n) is 8.51. The Balaban J connectivity index is 1.26. The first-order valence-corrected chi connectivity index (χ1v) is 11.0. The Morgan fingerprint density at radius 3 is 2.65 bits per heavy atom. The minimum atomic E-state index is -0.476. The maximum atomic E-state index is 12.6. The standard InChI is InChI=1S/C21H26ClN7O2/c22-17-9-14(2-1-13(17)10-27-11-15-16(12-27)19(15)23)29-6-3-18(26-21(29)31)25-20(30)28-7-4-24-5-8-28/h1-3,6,9,15-16,19,24H,4-5,7-8,10-12,23H2,(H,25,26,30,31). The van der Waals surface area contributed by atoms with Crippen LogP contribution in [0.3, 0.4) is 0 Å². The summed E-state index contributed by atoms with van der Waals surface area (Å²) in [5.74, 6) is 1.50. The van der Waals surface area contributed by atoms with Gasteiger partial charge in [-0.3, -0.25) is 14.8 Å². The molecule has 9 nitrogen and oxygen atoms in total. The maximum absolute atomic E-state index is 12.6. The van der Waals surface area contributed by atoms with Gasteiger partial charge in [0, 0.05) is 63.1 Å². The van der Waals surface area contributed by atoms with Crippen LogP contribution in [0.4, 0.5) is 10.6 Å². The van der Waals surface area contributed by atoms with Crippen molar-refractivity contribution in [2.45, 2.75) is 12.6 Å². The van der Waals surface area contributed by atoms with E-state index in [9.17, 15) is 9.59 Å². The Labute approximate surface area is 185 Å². The minimum Gasteiger partial charge on any atom is -0.327 e. The molecule has 1 aliphatic carbocycles. The number of aromatic nitrogens is 2. The van der Waals surface area contributed by atoms with E-state index in [4.69, 9.17) is 17.3 Å². The van der Waals surface area contributed by atoms with Crippen LogP contribution in [-0.4, -0.2) is 70.7 Å². The molecule has 0 spiro atoms. The van der Waals surface area contributed by atoms with Crippen LogP contribution in [0.2, 0.25) is 5.02 Å². The van der Waals surface area contributed by atoms with Gasteiger partial charge >= 0.3 is 11.7 Å². The third-order valence-electron chi connectivity index (χ3n) is 6.49. The summed E-state index contributed by atoms with van der Waals surface area (Å²) in [6, 6.07) is 7.34. The number of likely N-dealkylation sites (tertiary alicyclic amines) is 1. The molecular weight excluding hydrogens is 418 g/mol. The predicted molar refractivity (Wildman–Crippen MR) is 119 cm³/mol. The second kappa shape index (κ2) is 8.23. The highest BCUT2D eigenvalue weighted by Gasteiger charge is 2.53. The summed E-state index contributed by atoms with van der Waals surface area (Å²) in [5, 5.41) is 6.51. The fourth-order valence-electron chi connectivity index (χ4n) is 4.57. The highest BCUT2D eigenvalue weighted by molar-refractivity contribution is 6.31. The van der Waals surface area contributed by atoms with Crippen molar-refractivity contribution in [1.82, 2.24) is 24.7 Å². The van der Waals surface area contributed by atoms with Gasteiger partial charge in [0.05, 0.1) is 5.69 Å². The first-order valence-electron chi connectivity index (χ1n) is 10.6. The number of nitrogens with zero attached hydrogens (tertiary/aromatic N) is 4. The molecule has 0 radical (unpaired) electrons. The molecule has 1 saturated carbocycles. The van der Waals surface area contributed by atoms with E-state index in [1.807, 2.05) is 12.1 Å². The number of urea groups is 1. The van der Waals surface area contributed by atoms with E-state index in [1.165, 1.54) is 4.57 Å². The number of hydrogen-bond acceptors (Lipinski definition) is 6. The molecule has 10 heteroatoms. The molecule has 31 heavy (non-hydrogen) atoms. The van der Waals surface area contributed by atoms with Crippen LogP contribution < -0.4 is 22.1 Å². The number of rotatable bonds is 4. The number of piperidine rings is 1. The fraction of sp³-hybridized carbons (Fsp3) is 0.476. The highest BCUT2D eigenvalue weighted by Crippen LogP contribution is 2.44. The number of nitrogens with one attached hydrogen (secondary N) is 2. The van der Waals surface area contributed by atoms with Gasteiger partial charge in [-0.25, -0.2) is 9.59 Å². The second-order valence-corrected chi connectivity index (χ2v) is 8.91. The van der Waals surface area contributed by atoms with Gasteiger partial charge in [-0.15, -0.1) is 0 Å². The first-order chi connectivity index (χ1) is 15.0. The number of fused-ring (bicyclic) bond motifs is 1. The largest absolute Gasteiger partial charge is 0.354 e. The summed E-state index contributed by atoms with van der Waals surface area (Å²) in [6.45, 7) is 5.59. The van der Waals surface area contributed by atoms with Crippen molar-refractivity contribution in [3.8, 4) is 5.69 Å². The molecule has 3 fully saturated rings. The first kappa shape index (κ1) is 20.4. The average Bonchev–Trinajstić information content (AvgIpc) is 3.16. The van der Waals surface area contributed by atoms with Crippen molar-refractivity contribution >= 4 is 23.4 Å². The molecule has 0 bridgehead atoms. The van der Waals surface area contributed by atoms with Crippen molar-refractivity contribution < 1.29 is 4.79 Å². The van der Waals surface area contributed by atoms with E-state index in [1.54, 1.807) is 23.2 Å². The monoisotopic (exact) mass is 443 g/mol. The highest BCUT2D eigenvalue weighted by atomic mass is 35.5. The quantitative estimate of drug-likeness (QED) is 0.642. The van der Waals surface area contributed by atoms with Crippen molar-refractivity contribution in [2.75, 3.05) is 44.6 Å². The van der Waals surface area contributed by atoms with Gasteiger partial charge in [0.2, 0.25) is 0 Å². The molecule has 4 N–H and O–H groups in total. The Kier molecular flexibility index (Phi) is 5.43. The normalized spacial score (nSPS) is 25.4. The van der Waals surface area contributed by atoms with E-state index in [-0.39, 0.29) is 11.8 Å². The third-order valence-corrected chi connectivity index (χ3v) is 6.84. The number of anilines is 1. The Morgan fingerprint density at radius 2 is 1.97 bits per heavy atom. The smallest absolute Gasteiger partial charge is 0.327 e. The SMILES string of the molecule is NC1C2CN(Cc3ccc(-n4ccc(NC(=O)N5CCNCC5)nc4=O)cc3Cl)CC12. The van der Waals surface area contributed by atoms with Crippen LogP contribution in [0.5, 0.6) is 0 Å². The number of carbonyl (C=O) groups is 1. The molecule has 3 heterocycles. The number of amides is 2. The average molecular weight is 444 g/mol. The van der Waals surface area contributed by atoms with Gasteiger partial charge in [0.15, 0.2) is 0 Å². The predicted octanol–water partition coefficient (Wildman–Crippen LogP) is 0.712. The van der Waals surface area contributed by atoms with E-state index in [0.717, 1.165) is 38.3 Å². The third kappa shape index (κ3) is 4.18. The van der Waals surface area contributed by atoms with Gasteiger partial charge in [-0.1, -0.05) is 17.7 Å². The van der Waals surface area contributed by atoms with Crippen LogP contribution in [0.15, 0.2) is 35.3 Å². The molecule has 2 amide bonds. The number of hydrogen-bond donors (Lipinski definition) is 3. The molecular formula is C21H26ClN7O2. The van der Waals surface area contributed by atoms with E-state index < -0.39 is 5.69 Å². The van der Waals surface area contributed by atoms with Gasteiger partial charge in [0.25, 0.3) is 0 Å². The molecule has 2 aromatic rings. The van der Waals surface area contributed by atoms with Crippen LogP contribution in [-0.2, 0) is 6.54 Å². The molecule has 1 aromatic carbocycles. The summed E-state index contributed by atoms with van der Waals surface area (Å²) < 4.78 is 1.42. The summed E-state index contributed by atoms with van der Waals surface area (Å²) in [7, 11) is 0. The molecule has 164 valence electrons. The summed E-state index contributed by atoms with van der Waals surface area (Å²) >= 11 is 6.52. The zero-order valence-electron chi connectivity index (χ0n) is 17.1. The molecule has 2 atom stereocenters. The lowest BCUT2D eigenvalue weighted by atomic mass is 10.2. The van der Waals surface area contributed by atoms with Gasteiger partial charge < -0.3 is 16.0 Å². The minimum absolute atomic E-state index is 0.235. The number of piperazine rings is 1. The molecule has 2 aliphatic heterocycles. The van der Waals surface area contributed by atoms with E-state index >= 15 is 0 Å². The van der Waals surface area contributed by atoms with Crippen LogP contribution in [0, 0.1) is 11.8 Å². The lowest BCUT2D eigenvalue weighted by Crippen LogP contribution is -2.48. The number of carbonyl (C=O) groups excluding carboxylic acids is 1. The van der Waals surface area contributed by atoms with Gasteiger partial charge in [-0.2, -0.15) is 4.98 Å². The Bertz CT molecular complexity index is 1040. The van der Waals surface area contributed by atoms with E-state index in [2.05, 4.69) is 20.5 Å². The van der Waals surface area contributed by atoms with Crippen LogP contribution in [0.25, 0.3) is 5.69 Å². The van der Waals surface area contributed by atoms with Crippen LogP contribution >= 0.6 is 11.6 Å².